The van der Waals surface area contributed by atoms with Crippen LogP contribution in [0.1, 0.15) is 11.3 Å². The zero-order chi connectivity index (χ0) is 13.4. The molecule has 1 N–H and O–H groups in total. The van der Waals surface area contributed by atoms with Gasteiger partial charge in [-0.2, -0.15) is 0 Å². The molecule has 108 valence electrons. The fourth-order valence-corrected chi connectivity index (χ4v) is 3.00. The monoisotopic (exact) mass is 355 g/mol. The second kappa shape index (κ2) is 6.29. The quantitative estimate of drug-likeness (QED) is 0.848. The average Bonchev–Trinajstić information content (AvgIpc) is 2.44. The van der Waals surface area contributed by atoms with E-state index < -0.39 is 0 Å². The number of hydrogen-bond acceptors (Lipinski definition) is 3. The topological polar surface area (TPSA) is 28.2 Å². The number of benzene rings is 1. The molecule has 0 bridgehead atoms. The molecule has 1 saturated heterocycles. The van der Waals surface area contributed by atoms with Crippen LogP contribution in [0.25, 0.3) is 10.9 Å². The van der Waals surface area contributed by atoms with E-state index in [9.17, 15) is 0 Å². The number of piperazine rings is 1. The second-order valence-corrected chi connectivity index (χ2v) is 5.94. The molecule has 2 aromatic rings. The number of aromatic nitrogens is 1. The Kier molecular flexibility index (Phi) is 4.89. The van der Waals surface area contributed by atoms with Crippen LogP contribution >= 0.6 is 28.3 Å². The van der Waals surface area contributed by atoms with Gasteiger partial charge in [0.2, 0.25) is 0 Å². The van der Waals surface area contributed by atoms with Crippen molar-refractivity contribution in [2.45, 2.75) is 13.8 Å². The third-order valence-electron chi connectivity index (χ3n) is 3.73. The average molecular weight is 357 g/mol. The maximum Gasteiger partial charge on any atom is 0.0766 e. The van der Waals surface area contributed by atoms with E-state index >= 15 is 0 Å². The van der Waals surface area contributed by atoms with Crippen molar-refractivity contribution in [1.29, 1.82) is 0 Å². The van der Waals surface area contributed by atoms with Gasteiger partial charge in [0, 0.05) is 47.4 Å². The maximum absolute atomic E-state index is 4.72. The zero-order valence-electron chi connectivity index (χ0n) is 11.7. The van der Waals surface area contributed by atoms with Crippen molar-refractivity contribution in [3.05, 3.63) is 33.9 Å². The van der Waals surface area contributed by atoms with E-state index in [1.807, 2.05) is 0 Å². The Balaban J connectivity index is 0.00000147. The Morgan fingerprint density at radius 1 is 1.20 bits per heavy atom. The van der Waals surface area contributed by atoms with E-state index in [0.29, 0.717) is 0 Å². The van der Waals surface area contributed by atoms with Crippen molar-refractivity contribution in [3.8, 4) is 0 Å². The minimum atomic E-state index is 0. The summed E-state index contributed by atoms with van der Waals surface area (Å²) in [5.41, 5.74) is 4.74. The third-order valence-corrected chi connectivity index (χ3v) is 4.59. The molecule has 3 nitrogen and oxygen atoms in total. The Bertz CT molecular complexity index is 624. The largest absolute Gasteiger partial charge is 0.368 e. The number of aryl methyl sites for hydroxylation is 2. The number of anilines is 1. The van der Waals surface area contributed by atoms with Crippen LogP contribution in [0.5, 0.6) is 0 Å². The van der Waals surface area contributed by atoms with Crippen molar-refractivity contribution in [1.82, 2.24) is 10.3 Å². The van der Waals surface area contributed by atoms with Crippen LogP contribution in [0.4, 0.5) is 5.69 Å². The van der Waals surface area contributed by atoms with Crippen molar-refractivity contribution in [2.75, 3.05) is 31.1 Å². The summed E-state index contributed by atoms with van der Waals surface area (Å²) in [5.74, 6) is 0. The van der Waals surface area contributed by atoms with Crippen LogP contribution < -0.4 is 10.2 Å². The van der Waals surface area contributed by atoms with Crippen molar-refractivity contribution in [3.63, 3.8) is 0 Å². The van der Waals surface area contributed by atoms with Gasteiger partial charge >= 0.3 is 0 Å². The summed E-state index contributed by atoms with van der Waals surface area (Å²) in [5, 5.41) is 4.66. The van der Waals surface area contributed by atoms with E-state index in [-0.39, 0.29) is 12.4 Å². The number of hydrogen-bond donors (Lipinski definition) is 1. The number of nitrogens with zero attached hydrogens (tertiary/aromatic N) is 2. The van der Waals surface area contributed by atoms with Crippen LogP contribution in [-0.4, -0.2) is 31.2 Å². The molecule has 2 heterocycles. The van der Waals surface area contributed by atoms with Crippen LogP contribution in [0.2, 0.25) is 0 Å². The smallest absolute Gasteiger partial charge is 0.0766 e. The molecule has 1 aromatic heterocycles. The summed E-state index contributed by atoms with van der Waals surface area (Å²) < 4.78 is 1.13. The van der Waals surface area contributed by atoms with Gasteiger partial charge in [-0.05, 0) is 37.6 Å². The van der Waals surface area contributed by atoms with Gasteiger partial charge in [0.1, 0.15) is 0 Å². The normalized spacial score (nSPS) is 15.2. The Hall–Kier alpha value is -0.840. The number of halogens is 2. The highest BCUT2D eigenvalue weighted by Gasteiger charge is 2.15. The van der Waals surface area contributed by atoms with E-state index in [0.717, 1.165) is 41.9 Å². The Morgan fingerprint density at radius 2 is 1.90 bits per heavy atom. The van der Waals surface area contributed by atoms with Crippen molar-refractivity contribution < 1.29 is 0 Å². The maximum atomic E-state index is 4.72. The second-order valence-electron chi connectivity index (χ2n) is 5.09. The van der Waals surface area contributed by atoms with Gasteiger partial charge in [0.15, 0.2) is 0 Å². The summed E-state index contributed by atoms with van der Waals surface area (Å²) in [6.45, 7) is 8.43. The molecule has 1 aliphatic heterocycles. The first-order valence-electron chi connectivity index (χ1n) is 6.69. The van der Waals surface area contributed by atoms with Crippen LogP contribution in [0.15, 0.2) is 22.7 Å². The third kappa shape index (κ3) is 2.78. The lowest BCUT2D eigenvalue weighted by Gasteiger charge is -2.30. The van der Waals surface area contributed by atoms with Crippen molar-refractivity contribution >= 4 is 44.9 Å². The molecule has 0 aliphatic carbocycles. The molecule has 0 spiro atoms. The molecule has 1 aliphatic rings. The summed E-state index contributed by atoms with van der Waals surface area (Å²) in [6, 6.07) is 6.51. The van der Waals surface area contributed by atoms with Gasteiger partial charge in [-0.15, -0.1) is 12.4 Å². The lowest BCUT2D eigenvalue weighted by molar-refractivity contribution is 0.590. The Morgan fingerprint density at radius 3 is 2.60 bits per heavy atom. The predicted molar refractivity (Wildman–Crippen MR) is 91.2 cm³/mol. The van der Waals surface area contributed by atoms with Gasteiger partial charge in [0.05, 0.1) is 5.52 Å². The van der Waals surface area contributed by atoms with Gasteiger partial charge in [-0.3, -0.25) is 4.98 Å². The highest BCUT2D eigenvalue weighted by atomic mass is 79.9. The molecule has 1 aromatic carbocycles. The summed E-state index contributed by atoms with van der Waals surface area (Å²) in [7, 11) is 0. The highest BCUT2D eigenvalue weighted by Crippen LogP contribution is 2.32. The highest BCUT2D eigenvalue weighted by molar-refractivity contribution is 9.10. The molecular formula is C15H19BrClN3. The molecular weight excluding hydrogens is 338 g/mol. The SMILES string of the molecule is Cc1cc(N2CCNCC2)c2ccc(Br)c(C)c2n1.Cl. The molecule has 5 heteroatoms. The standard InChI is InChI=1S/C15H18BrN3.ClH/c1-10-9-14(19-7-5-17-6-8-19)12-3-4-13(16)11(2)15(12)18-10;/h3-4,9,17H,5-8H2,1-2H3;1H. The number of nitrogens with one attached hydrogen (secondary N) is 1. The molecule has 1 fully saturated rings. The first kappa shape index (κ1) is 15.5. The van der Waals surface area contributed by atoms with E-state index in [1.54, 1.807) is 0 Å². The van der Waals surface area contributed by atoms with Crippen LogP contribution in [0.3, 0.4) is 0 Å². The molecule has 0 unspecified atom stereocenters. The van der Waals surface area contributed by atoms with Gasteiger partial charge in [0.25, 0.3) is 0 Å². The van der Waals surface area contributed by atoms with Gasteiger partial charge < -0.3 is 10.2 Å². The van der Waals surface area contributed by atoms with Crippen LogP contribution in [-0.2, 0) is 0 Å². The van der Waals surface area contributed by atoms with Gasteiger partial charge in [-0.1, -0.05) is 15.9 Å². The fourth-order valence-electron chi connectivity index (χ4n) is 2.68. The number of fused-ring (bicyclic) bond motifs is 1. The minimum Gasteiger partial charge on any atom is -0.368 e. The Labute approximate surface area is 134 Å². The molecule has 0 atom stereocenters. The van der Waals surface area contributed by atoms with Gasteiger partial charge in [-0.25, -0.2) is 0 Å². The van der Waals surface area contributed by atoms with E-state index in [1.165, 1.54) is 16.6 Å². The molecule has 0 radical (unpaired) electrons. The minimum absolute atomic E-state index is 0. The van der Waals surface area contributed by atoms with Crippen LogP contribution in [0, 0.1) is 13.8 Å². The summed E-state index contributed by atoms with van der Waals surface area (Å²) in [6.07, 6.45) is 0. The predicted octanol–water partition coefficient (Wildman–Crippen LogP) is 3.45. The zero-order valence-corrected chi connectivity index (χ0v) is 14.1. The van der Waals surface area contributed by atoms with E-state index in [2.05, 4.69) is 58.2 Å². The first-order chi connectivity index (χ1) is 9.16. The lowest BCUT2D eigenvalue weighted by Crippen LogP contribution is -2.43. The fraction of sp³-hybridized carbons (Fsp3) is 0.400. The number of pyridine rings is 1. The molecule has 0 saturated carbocycles. The molecule has 20 heavy (non-hydrogen) atoms. The summed E-state index contributed by atoms with van der Waals surface area (Å²) in [4.78, 5) is 7.18. The molecule has 0 amide bonds. The first-order valence-corrected chi connectivity index (χ1v) is 7.48. The summed E-state index contributed by atoms with van der Waals surface area (Å²) >= 11 is 3.60. The number of rotatable bonds is 1. The molecule has 3 rings (SSSR count). The lowest BCUT2D eigenvalue weighted by atomic mass is 10.1. The van der Waals surface area contributed by atoms with Crippen molar-refractivity contribution in [2.24, 2.45) is 0 Å². The van der Waals surface area contributed by atoms with E-state index in [4.69, 9.17) is 4.98 Å².